The van der Waals surface area contributed by atoms with Crippen LogP contribution in [0.5, 0.6) is 11.5 Å². The van der Waals surface area contributed by atoms with Crippen molar-refractivity contribution in [1.82, 2.24) is 5.32 Å². The van der Waals surface area contributed by atoms with Crippen LogP contribution in [0.3, 0.4) is 0 Å². The molecule has 0 saturated heterocycles. The number of carbonyl (C=O) groups is 1. The van der Waals surface area contributed by atoms with Crippen molar-refractivity contribution < 1.29 is 24.6 Å². The highest BCUT2D eigenvalue weighted by atomic mass is 16.5. The van der Waals surface area contributed by atoms with Crippen molar-refractivity contribution in [1.29, 1.82) is 0 Å². The van der Waals surface area contributed by atoms with Crippen molar-refractivity contribution in [2.45, 2.75) is 77.0 Å². The van der Waals surface area contributed by atoms with Crippen molar-refractivity contribution in [3.05, 3.63) is 119 Å². The van der Waals surface area contributed by atoms with Crippen LogP contribution in [-0.4, -0.2) is 47.6 Å². The lowest BCUT2D eigenvalue weighted by Crippen LogP contribution is -3.07. The second kappa shape index (κ2) is 17.2. The lowest BCUT2D eigenvalue weighted by Gasteiger charge is -2.15. The molecule has 0 aromatic heterocycles. The van der Waals surface area contributed by atoms with Crippen LogP contribution in [0.25, 0.3) is 0 Å². The van der Waals surface area contributed by atoms with E-state index in [4.69, 9.17) is 15.5 Å². The molecule has 0 spiro atoms. The average molecular weight is 638 g/mol. The van der Waals surface area contributed by atoms with Gasteiger partial charge in [-0.25, -0.2) is 0 Å². The Labute approximate surface area is 278 Å². The van der Waals surface area contributed by atoms with E-state index < -0.39 is 6.10 Å². The maximum atomic E-state index is 12.4. The highest BCUT2D eigenvalue weighted by molar-refractivity contribution is 6.08. The molecule has 5 rings (SSSR count). The summed E-state index contributed by atoms with van der Waals surface area (Å²) in [4.78, 5) is 18.2. The molecule has 0 radical (unpaired) electrons. The third-order valence-corrected chi connectivity index (χ3v) is 8.84. The standard InChI is InChI=1S/C39H48N4O4/c1-2-3-5-13-33(44)23-34(45)16-14-29-15-17-37(46)38(22-29)47-27-43-25-35-32(24-42-36(35)26-43)21-30-11-8-12-31(20-30)39(40)41-19-18-28-9-6-4-7-10-28/h4,6-12,15,17,20,22,24-25,33,39,41,44,46H,2-3,5,13-14,16,18-19,21,23,26-27,40H2,1H3/p+1/t33-,39-/m1/s1. The number of phenols is 1. The van der Waals surface area contributed by atoms with Crippen LogP contribution in [0.2, 0.25) is 0 Å². The Balaban J connectivity index is 1.09. The third kappa shape index (κ3) is 10.2. The second-order valence-corrected chi connectivity index (χ2v) is 12.7. The highest BCUT2D eigenvalue weighted by Gasteiger charge is 2.30. The molecular formula is C39H49N4O4+. The average Bonchev–Trinajstić information content (AvgIpc) is 3.65. The fraction of sp³-hybridized carbons (Fsp3) is 0.385. The molecule has 3 atom stereocenters. The summed E-state index contributed by atoms with van der Waals surface area (Å²) >= 11 is 0. The Kier molecular flexibility index (Phi) is 12.5. The number of unbranched alkanes of at least 4 members (excludes halogenated alkanes) is 2. The number of aliphatic hydroxyl groups excluding tert-OH is 1. The Bertz CT molecular complexity index is 1580. The summed E-state index contributed by atoms with van der Waals surface area (Å²) in [5.74, 6) is 0.531. The van der Waals surface area contributed by atoms with E-state index in [2.05, 4.69) is 67.0 Å². The number of rotatable bonds is 19. The molecule has 6 N–H and O–H groups in total. The first-order valence-electron chi connectivity index (χ1n) is 17.0. The van der Waals surface area contributed by atoms with E-state index in [1.54, 1.807) is 12.1 Å². The number of carbonyl (C=O) groups excluding carboxylic acids is 1. The molecule has 0 fully saturated rings. The number of hydrogen-bond acceptors (Lipinski definition) is 7. The molecule has 8 heteroatoms. The number of nitrogens with one attached hydrogen (secondary N) is 2. The topological polar surface area (TPSA) is 122 Å². The van der Waals surface area contributed by atoms with E-state index in [9.17, 15) is 15.0 Å². The van der Waals surface area contributed by atoms with Crippen LogP contribution >= 0.6 is 0 Å². The zero-order valence-electron chi connectivity index (χ0n) is 27.5. The van der Waals surface area contributed by atoms with Gasteiger partial charge in [0.05, 0.1) is 17.8 Å². The predicted molar refractivity (Wildman–Crippen MR) is 186 cm³/mol. The number of hydrogen-bond donors (Lipinski definition) is 5. The van der Waals surface area contributed by atoms with E-state index in [0.717, 1.165) is 66.0 Å². The monoisotopic (exact) mass is 637 g/mol. The minimum atomic E-state index is -0.564. The minimum absolute atomic E-state index is 0.0546. The molecule has 0 saturated carbocycles. The van der Waals surface area contributed by atoms with Gasteiger partial charge in [0.1, 0.15) is 24.2 Å². The first-order valence-corrected chi connectivity index (χ1v) is 17.0. The van der Waals surface area contributed by atoms with Crippen molar-refractivity contribution in [3.8, 4) is 11.5 Å². The SMILES string of the molecule is CCCCC[C@@H](O)CC(=O)CCc1ccc(O)c(OC[NH+]2C=C3C(Cc4cccc([C@H](N)NCCc5ccccc5)c4)=CN=C3C2)c1. The van der Waals surface area contributed by atoms with Gasteiger partial charge in [-0.15, -0.1) is 0 Å². The summed E-state index contributed by atoms with van der Waals surface area (Å²) in [6, 6.07) is 24.1. The number of allylic oxidation sites excluding steroid dienone is 1. The van der Waals surface area contributed by atoms with Crippen LogP contribution in [-0.2, 0) is 24.1 Å². The van der Waals surface area contributed by atoms with Crippen LogP contribution in [0.4, 0.5) is 0 Å². The molecule has 3 aromatic carbocycles. The third-order valence-electron chi connectivity index (χ3n) is 8.84. The predicted octanol–water partition coefficient (Wildman–Crippen LogP) is 4.71. The number of fused-ring (bicyclic) bond motifs is 1. The summed E-state index contributed by atoms with van der Waals surface area (Å²) in [5, 5.41) is 24.0. The van der Waals surface area contributed by atoms with Gasteiger partial charge in [-0.3, -0.25) is 20.0 Å². The van der Waals surface area contributed by atoms with E-state index in [-0.39, 0.29) is 24.1 Å². The summed E-state index contributed by atoms with van der Waals surface area (Å²) in [6.07, 6.45) is 9.87. The zero-order valence-corrected chi connectivity index (χ0v) is 27.5. The van der Waals surface area contributed by atoms with Crippen molar-refractivity contribution >= 4 is 11.5 Å². The Morgan fingerprint density at radius 3 is 2.68 bits per heavy atom. The molecule has 1 unspecified atom stereocenters. The molecule has 2 heterocycles. The summed E-state index contributed by atoms with van der Waals surface area (Å²) in [6.45, 7) is 3.98. The normalized spacial score (nSPS) is 16.7. The lowest BCUT2D eigenvalue weighted by atomic mass is 9.97. The molecule has 3 aromatic rings. The van der Waals surface area contributed by atoms with Gasteiger partial charge in [-0.05, 0) is 65.6 Å². The number of aliphatic imine (C=N–C) groups is 1. The molecule has 8 nitrogen and oxygen atoms in total. The van der Waals surface area contributed by atoms with E-state index in [1.807, 2.05) is 18.3 Å². The first-order chi connectivity index (χ1) is 22.9. The summed E-state index contributed by atoms with van der Waals surface area (Å²) in [5.41, 5.74) is 14.3. The molecule has 47 heavy (non-hydrogen) atoms. The van der Waals surface area contributed by atoms with Crippen molar-refractivity contribution in [2.75, 3.05) is 19.8 Å². The number of nitrogens with zero attached hydrogens (tertiary/aromatic N) is 1. The number of quaternary nitrogens is 1. The van der Waals surface area contributed by atoms with Gasteiger partial charge in [0.2, 0.25) is 6.73 Å². The number of aromatic hydroxyl groups is 1. The van der Waals surface area contributed by atoms with Crippen molar-refractivity contribution in [3.63, 3.8) is 0 Å². The number of ketones is 1. The Morgan fingerprint density at radius 2 is 1.85 bits per heavy atom. The number of phenolic OH excluding ortho intramolecular Hbond substituents is 1. The Hall–Kier alpha value is -4.08. The van der Waals surface area contributed by atoms with Gasteiger partial charge >= 0.3 is 0 Å². The number of nitrogens with two attached hydrogens (primary N) is 1. The van der Waals surface area contributed by atoms with Crippen LogP contribution in [0.1, 0.15) is 73.9 Å². The quantitative estimate of drug-likeness (QED) is 0.0959. The maximum Gasteiger partial charge on any atom is 0.227 e. The summed E-state index contributed by atoms with van der Waals surface area (Å²) < 4.78 is 6.06. The smallest absolute Gasteiger partial charge is 0.227 e. The number of aliphatic hydroxyl groups is 1. The number of Topliss-reactive ketones (excluding diaryl/α,β-unsaturated/α-hetero) is 1. The van der Waals surface area contributed by atoms with E-state index in [1.165, 1.54) is 16.7 Å². The number of aryl methyl sites for hydroxylation is 1. The van der Waals surface area contributed by atoms with Crippen molar-refractivity contribution in [2.24, 2.45) is 10.7 Å². The lowest BCUT2D eigenvalue weighted by molar-refractivity contribution is -0.851. The maximum absolute atomic E-state index is 12.4. The van der Waals surface area contributed by atoms with Gasteiger partial charge in [-0.1, -0.05) is 86.8 Å². The Morgan fingerprint density at radius 1 is 1.02 bits per heavy atom. The fourth-order valence-electron chi connectivity index (χ4n) is 6.13. The van der Waals surface area contributed by atoms with Crippen LogP contribution < -0.4 is 20.7 Å². The molecule has 248 valence electrons. The van der Waals surface area contributed by atoms with Gasteiger partial charge < -0.3 is 20.7 Å². The molecule has 0 aliphatic carbocycles. The van der Waals surface area contributed by atoms with Gasteiger partial charge in [0, 0.05) is 25.6 Å². The molecular weight excluding hydrogens is 588 g/mol. The number of ether oxygens (including phenoxy) is 1. The zero-order chi connectivity index (χ0) is 33.0. The van der Waals surface area contributed by atoms with Crippen LogP contribution in [0.15, 0.2) is 101 Å². The first kappa shape index (κ1) is 34.3. The summed E-state index contributed by atoms with van der Waals surface area (Å²) in [7, 11) is 0. The molecule has 2 aliphatic rings. The fourth-order valence-corrected chi connectivity index (χ4v) is 6.13. The van der Waals surface area contributed by atoms with Gasteiger partial charge in [-0.2, -0.15) is 0 Å². The van der Waals surface area contributed by atoms with Crippen LogP contribution in [0, 0.1) is 0 Å². The second-order valence-electron chi connectivity index (χ2n) is 12.7. The molecule has 0 bridgehead atoms. The molecule has 0 amide bonds. The van der Waals surface area contributed by atoms with E-state index >= 15 is 0 Å². The highest BCUT2D eigenvalue weighted by Crippen LogP contribution is 2.28. The number of benzene rings is 3. The van der Waals surface area contributed by atoms with E-state index in [0.29, 0.717) is 38.3 Å². The molecule has 2 aliphatic heterocycles. The largest absolute Gasteiger partial charge is 0.504 e. The van der Waals surface area contributed by atoms with Gasteiger partial charge in [0.25, 0.3) is 0 Å². The van der Waals surface area contributed by atoms with Gasteiger partial charge in [0.15, 0.2) is 11.5 Å². The minimum Gasteiger partial charge on any atom is -0.504 e.